The topological polar surface area (TPSA) is 83.0 Å². The van der Waals surface area contributed by atoms with Crippen molar-refractivity contribution in [2.24, 2.45) is 5.92 Å². The Morgan fingerprint density at radius 2 is 2.09 bits per heavy atom. The van der Waals surface area contributed by atoms with Crippen LogP contribution in [0.2, 0.25) is 0 Å². The summed E-state index contributed by atoms with van der Waals surface area (Å²) in [6.07, 6.45) is 6.50. The molecular weight excluding hydrogens is 449 g/mol. The highest BCUT2D eigenvalue weighted by atomic mass is 19.1. The molecule has 8 heteroatoms. The monoisotopic (exact) mass is 481 g/mol. The molecule has 7 nitrogen and oxygen atoms in total. The van der Waals surface area contributed by atoms with Crippen molar-refractivity contribution in [2.45, 2.75) is 45.3 Å². The number of benzene rings is 1. The first-order chi connectivity index (χ1) is 16.8. The summed E-state index contributed by atoms with van der Waals surface area (Å²) in [4.78, 5) is 34.2. The van der Waals surface area contributed by atoms with Crippen LogP contribution in [0, 0.1) is 11.7 Å². The molecule has 0 bridgehead atoms. The number of pyridine rings is 1. The Labute approximate surface area is 205 Å². The molecule has 1 aliphatic heterocycles. The van der Waals surface area contributed by atoms with Crippen LogP contribution in [0.15, 0.2) is 42.6 Å². The summed E-state index contributed by atoms with van der Waals surface area (Å²) in [6, 6.07) is 6.87. The Hall–Kier alpha value is -3.26. The van der Waals surface area contributed by atoms with Crippen LogP contribution in [-0.2, 0) is 0 Å². The molecule has 3 atom stereocenters. The number of halogens is 1. The molecule has 186 valence electrons. The number of nitrogens with zero attached hydrogens (tertiary/aromatic N) is 3. The predicted molar refractivity (Wildman–Crippen MR) is 131 cm³/mol. The van der Waals surface area contributed by atoms with Crippen LogP contribution < -0.4 is 4.74 Å². The van der Waals surface area contributed by atoms with Gasteiger partial charge in [0.25, 0.3) is 11.8 Å². The number of amides is 2. The minimum Gasteiger partial charge on any atom is -0.472 e. The number of hydrogen-bond donors (Lipinski definition) is 1. The molecule has 1 aliphatic carbocycles. The number of allylic oxidation sites excluding steroid dienone is 2. The van der Waals surface area contributed by atoms with Crippen LogP contribution in [0.5, 0.6) is 5.88 Å². The van der Waals surface area contributed by atoms with Gasteiger partial charge < -0.3 is 19.6 Å². The lowest BCUT2D eigenvalue weighted by Gasteiger charge is -2.37. The predicted octanol–water partition coefficient (Wildman–Crippen LogP) is 3.78. The van der Waals surface area contributed by atoms with Gasteiger partial charge in [0.05, 0.1) is 19.2 Å². The van der Waals surface area contributed by atoms with E-state index in [1.54, 1.807) is 18.1 Å². The minimum absolute atomic E-state index is 0.149. The maximum atomic E-state index is 13.5. The Balaban J connectivity index is 1.64. The number of hydrogen-bond acceptors (Lipinski definition) is 5. The molecule has 0 unspecified atom stereocenters. The fourth-order valence-corrected chi connectivity index (χ4v) is 4.59. The fourth-order valence-electron chi connectivity index (χ4n) is 4.59. The van der Waals surface area contributed by atoms with Crippen molar-refractivity contribution < 1.29 is 23.8 Å². The summed E-state index contributed by atoms with van der Waals surface area (Å²) in [5.41, 5.74) is 2.82. The van der Waals surface area contributed by atoms with Crippen molar-refractivity contribution in [3.05, 3.63) is 65.1 Å². The van der Waals surface area contributed by atoms with Crippen molar-refractivity contribution in [1.82, 2.24) is 14.8 Å². The number of likely N-dealkylation sites (N-methyl/N-ethyl adjacent to an activating group) is 1. The van der Waals surface area contributed by atoms with Gasteiger partial charge in [0.2, 0.25) is 5.88 Å². The van der Waals surface area contributed by atoms with Gasteiger partial charge in [0.1, 0.15) is 17.5 Å². The second kappa shape index (κ2) is 10.6. The Morgan fingerprint density at radius 3 is 2.74 bits per heavy atom. The van der Waals surface area contributed by atoms with Gasteiger partial charge in [0.15, 0.2) is 0 Å². The highest BCUT2D eigenvalue weighted by Gasteiger charge is 2.35. The lowest BCUT2D eigenvalue weighted by Crippen LogP contribution is -2.50. The Bertz CT molecular complexity index is 1120. The molecule has 2 aliphatic rings. The molecule has 2 aromatic rings. The summed E-state index contributed by atoms with van der Waals surface area (Å²) < 4.78 is 19.6. The van der Waals surface area contributed by atoms with E-state index >= 15 is 0 Å². The standard InChI is InChI=1S/C27H32FN3O4/c1-17-14-31(18(2)16-32)27(34)23-12-21(19-6-4-5-7-19)13-29-25(23)35-24(17)15-30(3)26(33)20-8-10-22(28)11-9-20/h6,8-13,17-18,24,32H,4-5,7,14-16H2,1-3H3/t17-,18-,24+/m0/s1. The Kier molecular flexibility index (Phi) is 7.50. The number of carbonyl (C=O) groups is 2. The van der Waals surface area contributed by atoms with Crippen LogP contribution in [0.4, 0.5) is 4.39 Å². The van der Waals surface area contributed by atoms with Crippen LogP contribution in [0.25, 0.3) is 5.57 Å². The molecule has 0 saturated carbocycles. The largest absolute Gasteiger partial charge is 0.472 e. The van der Waals surface area contributed by atoms with Crippen molar-refractivity contribution >= 4 is 17.4 Å². The van der Waals surface area contributed by atoms with Gasteiger partial charge in [-0.3, -0.25) is 9.59 Å². The van der Waals surface area contributed by atoms with E-state index in [1.165, 1.54) is 34.7 Å². The lowest BCUT2D eigenvalue weighted by atomic mass is 9.99. The molecule has 2 amide bonds. The number of aromatic nitrogens is 1. The molecule has 4 rings (SSSR count). The van der Waals surface area contributed by atoms with Gasteiger partial charge >= 0.3 is 0 Å². The summed E-state index contributed by atoms with van der Waals surface area (Å²) >= 11 is 0. The van der Waals surface area contributed by atoms with Gasteiger partial charge in [-0.1, -0.05) is 13.0 Å². The van der Waals surface area contributed by atoms with E-state index in [2.05, 4.69) is 11.1 Å². The average Bonchev–Trinajstić information content (AvgIpc) is 3.40. The van der Waals surface area contributed by atoms with E-state index in [0.717, 1.165) is 24.8 Å². The average molecular weight is 482 g/mol. The van der Waals surface area contributed by atoms with Gasteiger partial charge in [-0.15, -0.1) is 0 Å². The van der Waals surface area contributed by atoms with E-state index in [-0.39, 0.29) is 42.8 Å². The van der Waals surface area contributed by atoms with E-state index in [1.807, 2.05) is 19.9 Å². The maximum absolute atomic E-state index is 13.5. The maximum Gasteiger partial charge on any atom is 0.259 e. The first kappa shape index (κ1) is 24.9. The van der Waals surface area contributed by atoms with Crippen molar-refractivity contribution in [3.8, 4) is 5.88 Å². The van der Waals surface area contributed by atoms with E-state index in [0.29, 0.717) is 17.7 Å². The molecule has 0 spiro atoms. The van der Waals surface area contributed by atoms with Crippen LogP contribution >= 0.6 is 0 Å². The Morgan fingerprint density at radius 1 is 1.34 bits per heavy atom. The molecule has 1 aromatic heterocycles. The van der Waals surface area contributed by atoms with Gasteiger partial charge in [0, 0.05) is 31.3 Å². The quantitative estimate of drug-likeness (QED) is 0.679. The first-order valence-corrected chi connectivity index (χ1v) is 12.1. The molecule has 0 radical (unpaired) electrons. The zero-order valence-corrected chi connectivity index (χ0v) is 20.4. The van der Waals surface area contributed by atoms with Crippen LogP contribution in [0.3, 0.4) is 0 Å². The normalized spacial score (nSPS) is 20.9. The molecule has 35 heavy (non-hydrogen) atoms. The zero-order valence-electron chi connectivity index (χ0n) is 20.4. The van der Waals surface area contributed by atoms with Gasteiger partial charge in [-0.25, -0.2) is 9.37 Å². The number of rotatable bonds is 6. The summed E-state index contributed by atoms with van der Waals surface area (Å²) in [6.45, 7) is 4.20. The molecule has 1 N–H and O–H groups in total. The highest BCUT2D eigenvalue weighted by molar-refractivity contribution is 5.97. The number of carbonyl (C=O) groups excluding carboxylic acids is 2. The second-order valence-electron chi connectivity index (χ2n) is 9.51. The molecule has 0 saturated heterocycles. The number of ether oxygens (including phenoxy) is 1. The number of fused-ring (bicyclic) bond motifs is 1. The molecule has 2 heterocycles. The van der Waals surface area contributed by atoms with Gasteiger partial charge in [-0.05, 0) is 67.7 Å². The van der Waals surface area contributed by atoms with Crippen molar-refractivity contribution in [3.63, 3.8) is 0 Å². The van der Waals surface area contributed by atoms with Gasteiger partial charge in [-0.2, -0.15) is 0 Å². The van der Waals surface area contributed by atoms with Crippen molar-refractivity contribution in [1.29, 1.82) is 0 Å². The smallest absolute Gasteiger partial charge is 0.259 e. The fraction of sp³-hybridized carbons (Fsp3) is 0.444. The second-order valence-corrected chi connectivity index (χ2v) is 9.51. The number of aliphatic hydroxyl groups is 1. The third-order valence-corrected chi connectivity index (χ3v) is 6.82. The first-order valence-electron chi connectivity index (χ1n) is 12.1. The van der Waals surface area contributed by atoms with Crippen LogP contribution in [0.1, 0.15) is 59.4 Å². The van der Waals surface area contributed by atoms with E-state index < -0.39 is 11.9 Å². The van der Waals surface area contributed by atoms with E-state index in [9.17, 15) is 19.1 Å². The zero-order chi connectivity index (χ0) is 25.1. The minimum atomic E-state index is -0.450. The SMILES string of the molecule is C[C@H]1CN([C@@H](C)CO)C(=O)c2cc(C3=CCCC3)cnc2O[C@@H]1CN(C)C(=O)c1ccc(F)cc1. The lowest BCUT2D eigenvalue weighted by molar-refractivity contribution is 0.0313. The van der Waals surface area contributed by atoms with Crippen LogP contribution in [-0.4, -0.2) is 70.6 Å². The molecule has 0 fully saturated rings. The molecule has 1 aromatic carbocycles. The summed E-state index contributed by atoms with van der Waals surface area (Å²) in [5.74, 6) is -0.804. The van der Waals surface area contributed by atoms with Crippen molar-refractivity contribution in [2.75, 3.05) is 26.7 Å². The third kappa shape index (κ3) is 5.37. The molecular formula is C27H32FN3O4. The highest BCUT2D eigenvalue weighted by Crippen LogP contribution is 2.32. The summed E-state index contributed by atoms with van der Waals surface area (Å²) in [5, 5.41) is 9.83. The summed E-state index contributed by atoms with van der Waals surface area (Å²) in [7, 11) is 1.67. The van der Waals surface area contributed by atoms with E-state index in [4.69, 9.17) is 4.74 Å². The number of aliphatic hydroxyl groups excluding tert-OH is 1. The third-order valence-electron chi connectivity index (χ3n) is 6.82.